The molecule has 0 heterocycles. The van der Waals surface area contributed by atoms with E-state index in [9.17, 15) is 4.79 Å². The number of ether oxygens (including phenoxy) is 1. The molecule has 0 radical (unpaired) electrons. The average molecular weight is 267 g/mol. The second-order valence-electron chi connectivity index (χ2n) is 4.12. The summed E-state index contributed by atoms with van der Waals surface area (Å²) < 4.78 is 5.11. The Labute approximate surface area is 116 Å². The van der Waals surface area contributed by atoms with E-state index in [2.05, 4.69) is 10.0 Å². The Balaban J connectivity index is 2.18. The molecule has 0 atom stereocenters. The predicted octanol–water partition coefficient (Wildman–Crippen LogP) is 3.86. The highest BCUT2D eigenvalue weighted by molar-refractivity contribution is 5.98. The maximum atomic E-state index is 11.7. The van der Waals surface area contributed by atoms with Crippen molar-refractivity contribution in [1.82, 2.24) is 0 Å². The molecule has 2 aromatic rings. The van der Waals surface area contributed by atoms with Crippen molar-refractivity contribution in [3.63, 3.8) is 0 Å². The Hall–Kier alpha value is -2.78. The van der Waals surface area contributed by atoms with Crippen LogP contribution in [0.15, 0.2) is 53.6 Å². The lowest BCUT2D eigenvalue weighted by Gasteiger charge is -2.05. The third-order valence-corrected chi connectivity index (χ3v) is 2.91. The Bertz CT molecular complexity index is 642. The van der Waals surface area contributed by atoms with E-state index < -0.39 is 0 Å². The molecule has 0 saturated heterocycles. The molecule has 0 bridgehead atoms. The van der Waals surface area contributed by atoms with Gasteiger partial charge in [-0.3, -0.25) is 4.79 Å². The molecule has 100 valence electrons. The van der Waals surface area contributed by atoms with E-state index in [1.54, 1.807) is 19.2 Å². The summed E-state index contributed by atoms with van der Waals surface area (Å²) in [5, 5.41) is 3.26. The van der Waals surface area contributed by atoms with Gasteiger partial charge in [-0.2, -0.15) is 0 Å². The van der Waals surface area contributed by atoms with E-state index in [1.807, 2.05) is 36.4 Å². The minimum Gasteiger partial charge on any atom is -0.497 e. The number of ketones is 1. The van der Waals surface area contributed by atoms with Gasteiger partial charge in [-0.15, -0.1) is 0 Å². The fourth-order valence-corrected chi connectivity index (χ4v) is 1.82. The second-order valence-corrected chi connectivity index (χ2v) is 4.12. The summed E-state index contributed by atoms with van der Waals surface area (Å²) in [6.07, 6.45) is 0. The predicted molar refractivity (Wildman–Crippen MR) is 76.8 cm³/mol. The number of carbonyl (C=O) groups excluding carboxylic acids is 1. The van der Waals surface area contributed by atoms with Crippen molar-refractivity contribution in [2.45, 2.75) is 0 Å². The van der Waals surface area contributed by atoms with Crippen molar-refractivity contribution in [3.8, 4) is 16.9 Å². The molecule has 0 fully saturated rings. The summed E-state index contributed by atoms with van der Waals surface area (Å²) in [6.45, 7) is -0.154. The van der Waals surface area contributed by atoms with Gasteiger partial charge in [0.1, 0.15) is 5.75 Å². The molecule has 0 aliphatic rings. The van der Waals surface area contributed by atoms with Crippen LogP contribution in [0.1, 0.15) is 10.4 Å². The van der Waals surface area contributed by atoms with Crippen LogP contribution < -0.4 is 4.74 Å². The average Bonchev–Trinajstić information content (AvgIpc) is 2.53. The van der Waals surface area contributed by atoms with Gasteiger partial charge in [0, 0.05) is 10.5 Å². The Morgan fingerprint density at radius 1 is 1.10 bits per heavy atom. The van der Waals surface area contributed by atoms with Crippen LogP contribution in [0.4, 0.5) is 0 Å². The maximum absolute atomic E-state index is 11.7. The van der Waals surface area contributed by atoms with Gasteiger partial charge in [0.2, 0.25) is 0 Å². The zero-order chi connectivity index (χ0) is 14.4. The molecule has 0 unspecified atom stereocenters. The first kappa shape index (κ1) is 13.6. The highest BCUT2D eigenvalue weighted by Crippen LogP contribution is 2.22. The van der Waals surface area contributed by atoms with E-state index in [4.69, 9.17) is 10.3 Å². The molecule has 0 aliphatic heterocycles. The second kappa shape index (κ2) is 6.41. The van der Waals surface area contributed by atoms with Gasteiger partial charge in [-0.1, -0.05) is 41.5 Å². The van der Waals surface area contributed by atoms with Crippen LogP contribution >= 0.6 is 0 Å². The molecule has 20 heavy (non-hydrogen) atoms. The standard InChI is InChI=1S/C15H13N3O2/c1-20-14-8-6-12(7-9-14)11-2-4-13(5-3-11)15(19)10-17-18-16/h2-9H,10H2,1H3. The third-order valence-electron chi connectivity index (χ3n) is 2.91. The summed E-state index contributed by atoms with van der Waals surface area (Å²) in [4.78, 5) is 14.2. The molecule has 0 spiro atoms. The quantitative estimate of drug-likeness (QED) is 0.357. The molecule has 5 nitrogen and oxygen atoms in total. The zero-order valence-corrected chi connectivity index (χ0v) is 11.0. The molecule has 2 aromatic carbocycles. The highest BCUT2D eigenvalue weighted by atomic mass is 16.5. The molecule has 0 amide bonds. The van der Waals surface area contributed by atoms with Crippen molar-refractivity contribution >= 4 is 5.78 Å². The number of Topliss-reactive ketones (excluding diaryl/α,β-unsaturated/α-hetero) is 1. The molecule has 2 rings (SSSR count). The highest BCUT2D eigenvalue weighted by Gasteiger charge is 2.05. The fraction of sp³-hybridized carbons (Fsp3) is 0.133. The number of benzene rings is 2. The molecular formula is C15H13N3O2. The Morgan fingerprint density at radius 3 is 2.15 bits per heavy atom. The van der Waals surface area contributed by atoms with Crippen LogP contribution in [0.3, 0.4) is 0 Å². The molecule has 5 heteroatoms. The summed E-state index contributed by atoms with van der Waals surface area (Å²) in [6, 6.07) is 14.9. The van der Waals surface area contributed by atoms with E-state index in [0.29, 0.717) is 5.56 Å². The maximum Gasteiger partial charge on any atom is 0.168 e. The van der Waals surface area contributed by atoms with E-state index in [1.165, 1.54) is 0 Å². The number of hydrogen-bond acceptors (Lipinski definition) is 3. The molecule has 0 N–H and O–H groups in total. The summed E-state index contributed by atoms with van der Waals surface area (Å²) >= 11 is 0. The smallest absolute Gasteiger partial charge is 0.168 e. The van der Waals surface area contributed by atoms with E-state index >= 15 is 0 Å². The minimum absolute atomic E-state index is 0.154. The number of nitrogens with zero attached hydrogens (tertiary/aromatic N) is 3. The zero-order valence-electron chi connectivity index (χ0n) is 11.0. The van der Waals surface area contributed by atoms with Crippen molar-refractivity contribution in [3.05, 3.63) is 64.5 Å². The first-order valence-corrected chi connectivity index (χ1v) is 6.03. The van der Waals surface area contributed by atoms with Crippen molar-refractivity contribution < 1.29 is 9.53 Å². The Kier molecular flexibility index (Phi) is 4.37. The van der Waals surface area contributed by atoms with Gasteiger partial charge in [0.25, 0.3) is 0 Å². The lowest BCUT2D eigenvalue weighted by atomic mass is 10.0. The van der Waals surface area contributed by atoms with Crippen LogP contribution in [0, 0.1) is 0 Å². The van der Waals surface area contributed by atoms with Gasteiger partial charge < -0.3 is 4.74 Å². The van der Waals surface area contributed by atoms with Crippen LogP contribution in [-0.2, 0) is 0 Å². The third kappa shape index (κ3) is 3.16. The van der Waals surface area contributed by atoms with Crippen LogP contribution in [0.25, 0.3) is 21.6 Å². The SMILES string of the molecule is COc1ccc(-c2ccc(C(=O)CN=[N+]=[N-])cc2)cc1. The Morgan fingerprint density at radius 2 is 1.65 bits per heavy atom. The van der Waals surface area contributed by atoms with Crippen LogP contribution in [0.5, 0.6) is 5.75 Å². The number of azide groups is 1. The van der Waals surface area contributed by atoms with Gasteiger partial charge in [-0.05, 0) is 28.8 Å². The molecule has 0 aliphatic carbocycles. The summed E-state index contributed by atoms with van der Waals surface area (Å²) in [5.74, 6) is 0.610. The van der Waals surface area contributed by atoms with Gasteiger partial charge in [0.05, 0.1) is 13.7 Å². The number of methoxy groups -OCH3 is 1. The number of rotatable bonds is 5. The summed E-state index contributed by atoms with van der Waals surface area (Å²) in [5.41, 5.74) is 10.8. The number of hydrogen-bond donors (Lipinski definition) is 0. The van der Waals surface area contributed by atoms with E-state index in [-0.39, 0.29) is 12.3 Å². The van der Waals surface area contributed by atoms with Crippen molar-refractivity contribution in [2.75, 3.05) is 13.7 Å². The van der Waals surface area contributed by atoms with Gasteiger partial charge in [-0.25, -0.2) is 0 Å². The normalized spacial score (nSPS) is 9.65. The van der Waals surface area contributed by atoms with Crippen molar-refractivity contribution in [1.29, 1.82) is 0 Å². The molecular weight excluding hydrogens is 254 g/mol. The fourth-order valence-electron chi connectivity index (χ4n) is 1.82. The van der Waals surface area contributed by atoms with Crippen molar-refractivity contribution in [2.24, 2.45) is 5.11 Å². The van der Waals surface area contributed by atoms with E-state index in [0.717, 1.165) is 16.9 Å². The first-order valence-electron chi connectivity index (χ1n) is 6.03. The molecule has 0 saturated carbocycles. The summed E-state index contributed by atoms with van der Waals surface area (Å²) in [7, 11) is 1.62. The topological polar surface area (TPSA) is 75.1 Å². The van der Waals surface area contributed by atoms with Gasteiger partial charge >= 0.3 is 0 Å². The van der Waals surface area contributed by atoms with Crippen LogP contribution in [-0.4, -0.2) is 19.4 Å². The lowest BCUT2D eigenvalue weighted by molar-refractivity contribution is 0.100. The lowest BCUT2D eigenvalue weighted by Crippen LogP contribution is -2.02. The monoisotopic (exact) mass is 267 g/mol. The minimum atomic E-state index is -0.191. The largest absolute Gasteiger partial charge is 0.497 e. The molecule has 0 aromatic heterocycles. The number of carbonyl (C=O) groups is 1. The van der Waals surface area contributed by atoms with Crippen LogP contribution in [0.2, 0.25) is 0 Å². The van der Waals surface area contributed by atoms with Gasteiger partial charge in [0.15, 0.2) is 5.78 Å². The first-order chi connectivity index (χ1) is 9.74.